The van der Waals surface area contributed by atoms with Gasteiger partial charge in [-0.05, 0) is 49.2 Å². The third kappa shape index (κ3) is 9.58. The molecule has 4 nitrogen and oxygen atoms in total. The van der Waals surface area contributed by atoms with Crippen molar-refractivity contribution in [1.82, 2.24) is 4.90 Å². The standard InChI is InChI=1S/C26H45Cl2NO3SSi2/c1-26(2,3)35(7,8)32-14-10-9-13-29-18-20(17-23(29)33)24-22(12-11-21(27)25(24)28)31-19-30-15-16-34(4,5)6/h11-12,20H,9-10,13-19H2,1-8H3. The quantitative estimate of drug-likeness (QED) is 0.101. The zero-order valence-corrected chi connectivity index (χ0v) is 27.3. The molecule has 200 valence electrons. The van der Waals surface area contributed by atoms with E-state index in [1.165, 1.54) is 0 Å². The molecule has 2 rings (SSSR count). The van der Waals surface area contributed by atoms with Crippen LogP contribution in [-0.4, -0.2) is 59.4 Å². The van der Waals surface area contributed by atoms with Crippen molar-refractivity contribution in [3.63, 3.8) is 0 Å². The van der Waals surface area contributed by atoms with E-state index >= 15 is 0 Å². The highest BCUT2D eigenvalue weighted by molar-refractivity contribution is 7.80. The van der Waals surface area contributed by atoms with Crippen LogP contribution in [0.1, 0.15) is 51.5 Å². The summed E-state index contributed by atoms with van der Waals surface area (Å²) in [5.41, 5.74) is 0.944. The van der Waals surface area contributed by atoms with E-state index in [0.717, 1.165) is 61.3 Å². The summed E-state index contributed by atoms with van der Waals surface area (Å²) in [6, 6.07) is 4.80. The van der Waals surface area contributed by atoms with Gasteiger partial charge in [0.2, 0.25) is 0 Å². The summed E-state index contributed by atoms with van der Waals surface area (Å²) in [6.07, 6.45) is 2.87. The van der Waals surface area contributed by atoms with Crippen LogP contribution < -0.4 is 4.74 Å². The summed E-state index contributed by atoms with van der Waals surface area (Å²) in [6.45, 7) is 22.0. The molecule has 1 atom stereocenters. The lowest BCUT2D eigenvalue weighted by Crippen LogP contribution is -2.41. The molecule has 0 bridgehead atoms. The summed E-state index contributed by atoms with van der Waals surface area (Å²) in [7, 11) is -2.82. The number of halogens is 2. The second kappa shape index (κ2) is 13.1. The van der Waals surface area contributed by atoms with Crippen LogP contribution in [0.25, 0.3) is 0 Å². The first-order valence-corrected chi connectivity index (χ1v) is 20.5. The number of hydrogen-bond acceptors (Lipinski definition) is 4. The minimum atomic E-state index is -1.69. The van der Waals surface area contributed by atoms with Gasteiger partial charge in [-0.15, -0.1) is 0 Å². The maximum atomic E-state index is 6.68. The largest absolute Gasteiger partial charge is 0.467 e. The first kappa shape index (κ1) is 31.1. The normalized spacial score (nSPS) is 17.4. The molecule has 35 heavy (non-hydrogen) atoms. The molecule has 0 aromatic heterocycles. The monoisotopic (exact) mass is 577 g/mol. The predicted octanol–water partition coefficient (Wildman–Crippen LogP) is 8.60. The van der Waals surface area contributed by atoms with E-state index in [2.05, 4.69) is 58.4 Å². The topological polar surface area (TPSA) is 30.9 Å². The molecule has 0 spiro atoms. The Morgan fingerprint density at radius 1 is 1.06 bits per heavy atom. The van der Waals surface area contributed by atoms with Crippen molar-refractivity contribution in [2.24, 2.45) is 0 Å². The molecule has 0 aliphatic carbocycles. The molecule has 1 heterocycles. The highest BCUT2D eigenvalue weighted by Crippen LogP contribution is 2.42. The average molecular weight is 579 g/mol. The molecule has 1 unspecified atom stereocenters. The Kier molecular flexibility index (Phi) is 11.6. The van der Waals surface area contributed by atoms with Gasteiger partial charge in [0, 0.05) is 52.3 Å². The third-order valence-corrected chi connectivity index (χ3v) is 14.6. The van der Waals surface area contributed by atoms with Gasteiger partial charge >= 0.3 is 0 Å². The fourth-order valence-electron chi connectivity index (χ4n) is 3.73. The van der Waals surface area contributed by atoms with E-state index in [-0.39, 0.29) is 17.7 Å². The number of thiocarbonyl (C=S) groups is 1. The van der Waals surface area contributed by atoms with Crippen LogP contribution in [0, 0.1) is 0 Å². The Morgan fingerprint density at radius 3 is 2.37 bits per heavy atom. The summed E-state index contributed by atoms with van der Waals surface area (Å²) < 4.78 is 18.1. The highest BCUT2D eigenvalue weighted by Gasteiger charge is 2.37. The molecular formula is C26H45Cl2NO3SSi2. The van der Waals surface area contributed by atoms with E-state index in [9.17, 15) is 0 Å². The van der Waals surface area contributed by atoms with Crippen LogP contribution in [0.2, 0.25) is 53.9 Å². The lowest BCUT2D eigenvalue weighted by atomic mass is 9.97. The number of ether oxygens (including phenoxy) is 2. The lowest BCUT2D eigenvalue weighted by Gasteiger charge is -2.36. The number of unbranched alkanes of at least 4 members (excludes halogenated alkanes) is 1. The van der Waals surface area contributed by atoms with Crippen molar-refractivity contribution in [1.29, 1.82) is 0 Å². The van der Waals surface area contributed by atoms with Crippen LogP contribution in [-0.2, 0) is 9.16 Å². The highest BCUT2D eigenvalue weighted by atomic mass is 35.5. The average Bonchev–Trinajstić information content (AvgIpc) is 3.08. The third-order valence-electron chi connectivity index (χ3n) is 7.10. The van der Waals surface area contributed by atoms with Crippen LogP contribution in [0.4, 0.5) is 0 Å². The Bertz CT molecular complexity index is 856. The molecule has 0 saturated carbocycles. The van der Waals surface area contributed by atoms with Gasteiger partial charge in [0.25, 0.3) is 0 Å². The van der Waals surface area contributed by atoms with Crippen molar-refractivity contribution in [2.45, 2.75) is 89.8 Å². The van der Waals surface area contributed by atoms with Gasteiger partial charge in [0.1, 0.15) is 5.75 Å². The molecule has 0 radical (unpaired) electrons. The summed E-state index contributed by atoms with van der Waals surface area (Å²) in [5.74, 6) is 0.902. The molecule has 0 N–H and O–H groups in total. The maximum absolute atomic E-state index is 6.68. The Labute approximate surface area is 231 Å². The SMILES string of the molecule is CC(C)(C)[Si](C)(C)OCCCCN1CC(c2c(OCOCC[Si](C)(C)C)ccc(Cl)c2Cl)CC1=S. The number of nitrogens with zero attached hydrogens (tertiary/aromatic N) is 1. The predicted molar refractivity (Wildman–Crippen MR) is 160 cm³/mol. The zero-order valence-electron chi connectivity index (χ0n) is 22.9. The molecule has 0 amide bonds. The van der Waals surface area contributed by atoms with Gasteiger partial charge in [0.05, 0.1) is 15.0 Å². The van der Waals surface area contributed by atoms with Gasteiger partial charge in [-0.3, -0.25) is 0 Å². The lowest BCUT2D eigenvalue weighted by molar-refractivity contribution is 0.0213. The molecular weight excluding hydrogens is 533 g/mol. The molecule has 1 saturated heterocycles. The Balaban J connectivity index is 1.91. The fourth-order valence-corrected chi connectivity index (χ4v) is 6.41. The Hall–Kier alpha value is -0.156. The van der Waals surface area contributed by atoms with Gasteiger partial charge < -0.3 is 18.8 Å². The zero-order chi connectivity index (χ0) is 26.4. The number of likely N-dealkylation sites (tertiary alicyclic amines) is 1. The number of hydrogen-bond donors (Lipinski definition) is 0. The van der Waals surface area contributed by atoms with Crippen molar-refractivity contribution >= 4 is 56.8 Å². The summed E-state index contributed by atoms with van der Waals surface area (Å²) in [5, 5.41) is 1.34. The van der Waals surface area contributed by atoms with E-state index in [1.807, 2.05) is 6.07 Å². The molecule has 1 aliphatic rings. The van der Waals surface area contributed by atoms with E-state index in [1.54, 1.807) is 6.07 Å². The molecule has 1 aromatic rings. The summed E-state index contributed by atoms with van der Waals surface area (Å²) >= 11 is 18.8. The van der Waals surface area contributed by atoms with Gasteiger partial charge in [-0.1, -0.05) is 75.8 Å². The van der Waals surface area contributed by atoms with Crippen LogP contribution >= 0.6 is 35.4 Å². The minimum Gasteiger partial charge on any atom is -0.467 e. The molecule has 9 heteroatoms. The smallest absolute Gasteiger partial charge is 0.191 e. The van der Waals surface area contributed by atoms with Crippen LogP contribution in [0.15, 0.2) is 12.1 Å². The fraction of sp³-hybridized carbons (Fsp3) is 0.731. The van der Waals surface area contributed by atoms with Gasteiger partial charge in [-0.25, -0.2) is 0 Å². The first-order valence-electron chi connectivity index (χ1n) is 12.7. The van der Waals surface area contributed by atoms with E-state index < -0.39 is 16.4 Å². The van der Waals surface area contributed by atoms with Gasteiger partial charge in [0.15, 0.2) is 15.1 Å². The van der Waals surface area contributed by atoms with Gasteiger partial charge in [-0.2, -0.15) is 0 Å². The first-order chi connectivity index (χ1) is 16.1. The van der Waals surface area contributed by atoms with Crippen molar-refractivity contribution in [2.75, 3.05) is 33.1 Å². The second-order valence-corrected chi connectivity index (χ2v) is 24.0. The van der Waals surface area contributed by atoms with Crippen LogP contribution in [0.3, 0.4) is 0 Å². The van der Waals surface area contributed by atoms with Crippen molar-refractivity contribution in [3.05, 3.63) is 27.7 Å². The molecule has 1 aliphatic heterocycles. The van der Waals surface area contributed by atoms with E-state index in [4.69, 9.17) is 49.3 Å². The van der Waals surface area contributed by atoms with Crippen molar-refractivity contribution in [3.8, 4) is 5.75 Å². The molecule has 1 fully saturated rings. The summed E-state index contributed by atoms with van der Waals surface area (Å²) in [4.78, 5) is 3.28. The number of benzene rings is 1. The minimum absolute atomic E-state index is 0.161. The van der Waals surface area contributed by atoms with Crippen LogP contribution in [0.5, 0.6) is 5.75 Å². The molecule has 1 aromatic carbocycles. The maximum Gasteiger partial charge on any atom is 0.191 e. The Morgan fingerprint density at radius 2 is 1.74 bits per heavy atom. The number of rotatable bonds is 13. The van der Waals surface area contributed by atoms with Crippen molar-refractivity contribution < 1.29 is 13.9 Å². The van der Waals surface area contributed by atoms with E-state index in [0.29, 0.717) is 16.7 Å². The second-order valence-electron chi connectivity index (χ2n) is 12.3.